The highest BCUT2D eigenvalue weighted by Crippen LogP contribution is 2.46. The van der Waals surface area contributed by atoms with Crippen LogP contribution in [-0.2, 0) is 23.4 Å². The number of nitrogens with zero attached hydrogens (tertiary/aromatic N) is 2. The molecule has 1 unspecified atom stereocenters. The molecule has 2 heterocycles. The predicted molar refractivity (Wildman–Crippen MR) is 125 cm³/mol. The SMILES string of the molecule is CC(C)OC(=O)[C@H](C)NP(=O)(OC[C@H]1O[C@@H](n2ccc(=O)[nH]c2=O)[C@H](C#N)[C@@H]1O)Oc1ccccc1. The van der Waals surface area contributed by atoms with E-state index in [1.165, 1.54) is 19.1 Å². The van der Waals surface area contributed by atoms with Gasteiger partial charge in [0.05, 0.1) is 18.8 Å². The molecule has 1 aromatic heterocycles. The number of para-hydroxylation sites is 1. The fourth-order valence-corrected chi connectivity index (χ4v) is 4.90. The van der Waals surface area contributed by atoms with Gasteiger partial charge in [-0.1, -0.05) is 18.2 Å². The van der Waals surface area contributed by atoms with Crippen LogP contribution in [0.3, 0.4) is 0 Å². The Hall–Kier alpha value is -3.27. The summed E-state index contributed by atoms with van der Waals surface area (Å²) in [4.78, 5) is 37.8. The van der Waals surface area contributed by atoms with E-state index in [1.54, 1.807) is 32.0 Å². The largest absolute Gasteiger partial charge is 0.462 e. The lowest BCUT2D eigenvalue weighted by atomic mass is 10.0. The molecule has 3 rings (SSSR count). The molecule has 1 fully saturated rings. The second-order valence-corrected chi connectivity index (χ2v) is 9.96. The predicted octanol–water partition coefficient (Wildman–Crippen LogP) is 1.07. The molecular weight excluding hydrogens is 495 g/mol. The van der Waals surface area contributed by atoms with Gasteiger partial charge in [-0.25, -0.2) is 9.36 Å². The smallest absolute Gasteiger partial charge is 0.459 e. The van der Waals surface area contributed by atoms with Crippen LogP contribution in [0.4, 0.5) is 0 Å². The summed E-state index contributed by atoms with van der Waals surface area (Å²) < 4.78 is 36.4. The Kier molecular flexibility index (Phi) is 8.84. The maximum Gasteiger partial charge on any atom is 0.459 e. The molecule has 3 N–H and O–H groups in total. The van der Waals surface area contributed by atoms with Crippen molar-refractivity contribution < 1.29 is 33.0 Å². The third-order valence-corrected chi connectivity index (χ3v) is 6.72. The standard InChI is InChI=1S/C22H27N4O9P/c1-13(2)33-21(29)14(3)25-36(31,35-15-7-5-4-6-8-15)32-12-17-19(28)16(11-23)20(34-17)26-10-9-18(27)24-22(26)30/h4-10,13-14,16-17,19-20,28H,12H2,1-3H3,(H,25,31)(H,24,27,30)/t14-,16+,17+,19-,20+,36?/m0/s1. The number of ether oxygens (including phenoxy) is 2. The summed E-state index contributed by atoms with van der Waals surface area (Å²) in [5.74, 6) is -1.72. The monoisotopic (exact) mass is 522 g/mol. The first kappa shape index (κ1) is 27.3. The van der Waals surface area contributed by atoms with Crippen LogP contribution in [0.15, 0.2) is 52.2 Å². The topological polar surface area (TPSA) is 182 Å². The molecule has 0 aliphatic carbocycles. The molecule has 14 heteroatoms. The molecule has 0 spiro atoms. The van der Waals surface area contributed by atoms with Gasteiger partial charge < -0.3 is 19.1 Å². The van der Waals surface area contributed by atoms with Crippen molar-refractivity contribution in [2.45, 2.75) is 51.4 Å². The van der Waals surface area contributed by atoms with Gasteiger partial charge >= 0.3 is 19.4 Å². The van der Waals surface area contributed by atoms with E-state index >= 15 is 0 Å². The second kappa shape index (κ2) is 11.6. The number of rotatable bonds is 10. The van der Waals surface area contributed by atoms with E-state index in [1.807, 2.05) is 6.07 Å². The molecule has 1 saturated heterocycles. The molecule has 6 atom stereocenters. The quantitative estimate of drug-likeness (QED) is 0.300. The molecule has 0 bridgehead atoms. The zero-order valence-corrected chi connectivity index (χ0v) is 20.7. The average Bonchev–Trinajstić information content (AvgIpc) is 3.12. The van der Waals surface area contributed by atoms with Crippen molar-refractivity contribution in [1.29, 1.82) is 5.26 Å². The van der Waals surface area contributed by atoms with Crippen LogP contribution in [0.2, 0.25) is 0 Å². The summed E-state index contributed by atoms with van der Waals surface area (Å²) in [6.07, 6.45) is -3.15. The molecule has 1 aliphatic rings. The van der Waals surface area contributed by atoms with E-state index in [0.29, 0.717) is 0 Å². The van der Waals surface area contributed by atoms with Gasteiger partial charge in [0.15, 0.2) is 6.23 Å². The van der Waals surface area contributed by atoms with E-state index in [-0.39, 0.29) is 5.75 Å². The number of aliphatic hydroxyl groups excluding tert-OH is 1. The number of aromatic amines is 1. The number of H-pyrrole nitrogens is 1. The van der Waals surface area contributed by atoms with E-state index in [9.17, 15) is 29.3 Å². The minimum Gasteiger partial charge on any atom is -0.462 e. The number of aromatic nitrogens is 2. The highest BCUT2D eigenvalue weighted by Gasteiger charge is 2.47. The Balaban J connectivity index is 1.79. The van der Waals surface area contributed by atoms with Crippen LogP contribution in [0.25, 0.3) is 0 Å². The van der Waals surface area contributed by atoms with Gasteiger partial charge in [-0.2, -0.15) is 10.3 Å². The van der Waals surface area contributed by atoms with Gasteiger partial charge in [-0.3, -0.25) is 23.7 Å². The van der Waals surface area contributed by atoms with Gasteiger partial charge in [0.1, 0.15) is 29.9 Å². The number of carbonyl (C=O) groups is 1. The number of carbonyl (C=O) groups excluding carboxylic acids is 1. The maximum atomic E-state index is 13.6. The van der Waals surface area contributed by atoms with Crippen LogP contribution in [0, 0.1) is 17.2 Å². The zero-order chi connectivity index (χ0) is 26.5. The van der Waals surface area contributed by atoms with Crippen LogP contribution in [0.1, 0.15) is 27.0 Å². The molecular formula is C22H27N4O9P. The highest BCUT2D eigenvalue weighted by molar-refractivity contribution is 7.52. The summed E-state index contributed by atoms with van der Waals surface area (Å²) in [6.45, 7) is 4.21. The lowest BCUT2D eigenvalue weighted by molar-refractivity contribution is -0.149. The summed E-state index contributed by atoms with van der Waals surface area (Å²) in [6, 6.07) is 9.92. The van der Waals surface area contributed by atoms with E-state index in [4.69, 9.17) is 18.5 Å². The van der Waals surface area contributed by atoms with E-state index in [0.717, 1.165) is 16.8 Å². The van der Waals surface area contributed by atoms with Gasteiger partial charge in [-0.15, -0.1) is 0 Å². The number of nitrogens with one attached hydrogen (secondary N) is 2. The number of nitriles is 1. The molecule has 1 aliphatic heterocycles. The fraction of sp³-hybridized carbons (Fsp3) is 0.455. The van der Waals surface area contributed by atoms with Gasteiger partial charge in [0, 0.05) is 12.3 Å². The molecule has 13 nitrogen and oxygen atoms in total. The highest BCUT2D eigenvalue weighted by atomic mass is 31.2. The molecule has 1 aromatic carbocycles. The van der Waals surface area contributed by atoms with Gasteiger partial charge in [0.2, 0.25) is 0 Å². The first-order valence-electron chi connectivity index (χ1n) is 11.0. The van der Waals surface area contributed by atoms with Crippen molar-refractivity contribution in [3.05, 3.63) is 63.4 Å². The fourth-order valence-electron chi connectivity index (χ4n) is 3.39. The Morgan fingerprint density at radius 2 is 1.97 bits per heavy atom. The number of benzene rings is 1. The number of aliphatic hydroxyl groups is 1. The van der Waals surface area contributed by atoms with Gasteiger partial charge in [0.25, 0.3) is 5.56 Å². The van der Waals surface area contributed by atoms with Crippen molar-refractivity contribution in [1.82, 2.24) is 14.6 Å². The molecule has 0 amide bonds. The first-order valence-corrected chi connectivity index (χ1v) is 12.6. The summed E-state index contributed by atoms with van der Waals surface area (Å²) in [5, 5.41) is 22.7. The van der Waals surface area contributed by atoms with Gasteiger partial charge in [-0.05, 0) is 32.9 Å². The zero-order valence-electron chi connectivity index (χ0n) is 19.8. The summed E-state index contributed by atoms with van der Waals surface area (Å²) >= 11 is 0. The van der Waals surface area contributed by atoms with Crippen LogP contribution >= 0.6 is 7.75 Å². The van der Waals surface area contributed by atoms with Crippen molar-refractivity contribution in [2.75, 3.05) is 6.61 Å². The second-order valence-electron chi connectivity index (χ2n) is 8.26. The lowest BCUT2D eigenvalue weighted by Crippen LogP contribution is -2.37. The van der Waals surface area contributed by atoms with E-state index < -0.39 is 68.1 Å². The molecule has 0 radical (unpaired) electrons. The van der Waals surface area contributed by atoms with Crippen LogP contribution in [0.5, 0.6) is 5.75 Å². The van der Waals surface area contributed by atoms with Crippen molar-refractivity contribution >= 4 is 13.7 Å². The Labute approximate surface area is 206 Å². The first-order chi connectivity index (χ1) is 17.0. The normalized spacial score (nSPS) is 24.0. The third kappa shape index (κ3) is 6.69. The Morgan fingerprint density at radius 1 is 1.28 bits per heavy atom. The van der Waals surface area contributed by atoms with Crippen LogP contribution in [-0.4, -0.2) is 51.6 Å². The van der Waals surface area contributed by atoms with Crippen molar-refractivity contribution in [3.63, 3.8) is 0 Å². The number of esters is 1. The van der Waals surface area contributed by atoms with Crippen LogP contribution < -0.4 is 20.9 Å². The summed E-state index contributed by atoms with van der Waals surface area (Å²) in [5.41, 5.74) is -1.47. The lowest BCUT2D eigenvalue weighted by Gasteiger charge is -2.25. The average molecular weight is 522 g/mol. The minimum absolute atomic E-state index is 0.179. The minimum atomic E-state index is -4.25. The molecule has 2 aromatic rings. The molecule has 0 saturated carbocycles. The third-order valence-electron chi connectivity index (χ3n) is 5.08. The maximum absolute atomic E-state index is 13.6. The number of hydrogen-bond donors (Lipinski definition) is 3. The van der Waals surface area contributed by atoms with Crippen molar-refractivity contribution in [3.8, 4) is 11.8 Å². The Morgan fingerprint density at radius 3 is 2.58 bits per heavy atom. The van der Waals surface area contributed by atoms with Crippen molar-refractivity contribution in [2.24, 2.45) is 5.92 Å². The summed E-state index contributed by atoms with van der Waals surface area (Å²) in [7, 11) is -4.25. The molecule has 194 valence electrons. The molecule has 36 heavy (non-hydrogen) atoms. The Bertz CT molecular complexity index is 1260. The number of hydrogen-bond acceptors (Lipinski definition) is 10. The van der Waals surface area contributed by atoms with E-state index in [2.05, 4.69) is 10.1 Å².